The van der Waals surface area contributed by atoms with Crippen LogP contribution in [-0.2, 0) is 11.2 Å². The molecule has 1 aromatic rings. The standard InChI is InChI=1S/C15H23BrN2O/c1-11-4-5-13(16)8-12(11)6-7-18-14(19)9-15(2,3)10-17/h4-5,8H,6-7,9-10,17H2,1-3H3,(H,18,19). The van der Waals surface area contributed by atoms with Gasteiger partial charge in [0.2, 0.25) is 5.91 Å². The zero-order valence-electron chi connectivity index (χ0n) is 11.9. The van der Waals surface area contributed by atoms with Crippen molar-refractivity contribution in [1.82, 2.24) is 5.32 Å². The number of aryl methyl sites for hydroxylation is 1. The van der Waals surface area contributed by atoms with Crippen LogP contribution in [0, 0.1) is 12.3 Å². The number of nitrogens with two attached hydrogens (primary N) is 1. The molecule has 1 rings (SSSR count). The maximum Gasteiger partial charge on any atom is 0.220 e. The van der Waals surface area contributed by atoms with E-state index in [-0.39, 0.29) is 11.3 Å². The van der Waals surface area contributed by atoms with Crippen LogP contribution in [0.25, 0.3) is 0 Å². The molecule has 0 fully saturated rings. The summed E-state index contributed by atoms with van der Waals surface area (Å²) < 4.78 is 1.07. The highest BCUT2D eigenvalue weighted by Crippen LogP contribution is 2.18. The highest BCUT2D eigenvalue weighted by Gasteiger charge is 2.19. The molecule has 4 heteroatoms. The first-order valence-electron chi connectivity index (χ1n) is 6.56. The van der Waals surface area contributed by atoms with Gasteiger partial charge < -0.3 is 11.1 Å². The molecule has 0 aliphatic heterocycles. The van der Waals surface area contributed by atoms with Crippen molar-refractivity contribution in [3.8, 4) is 0 Å². The molecule has 0 aliphatic rings. The van der Waals surface area contributed by atoms with Crippen molar-refractivity contribution in [2.75, 3.05) is 13.1 Å². The summed E-state index contributed by atoms with van der Waals surface area (Å²) >= 11 is 3.47. The Hall–Kier alpha value is -0.870. The molecule has 106 valence electrons. The van der Waals surface area contributed by atoms with Crippen LogP contribution in [-0.4, -0.2) is 19.0 Å². The Balaban J connectivity index is 2.42. The summed E-state index contributed by atoms with van der Waals surface area (Å²) in [6, 6.07) is 6.21. The quantitative estimate of drug-likeness (QED) is 0.844. The third-order valence-electron chi connectivity index (χ3n) is 3.22. The lowest BCUT2D eigenvalue weighted by atomic mass is 9.89. The van der Waals surface area contributed by atoms with Crippen LogP contribution < -0.4 is 11.1 Å². The van der Waals surface area contributed by atoms with Crippen molar-refractivity contribution in [2.45, 2.75) is 33.6 Å². The molecule has 3 nitrogen and oxygen atoms in total. The van der Waals surface area contributed by atoms with Crippen LogP contribution in [0.5, 0.6) is 0 Å². The molecular formula is C15H23BrN2O. The summed E-state index contributed by atoms with van der Waals surface area (Å²) in [6.07, 6.45) is 1.32. The maximum absolute atomic E-state index is 11.8. The van der Waals surface area contributed by atoms with Crippen molar-refractivity contribution >= 4 is 21.8 Å². The smallest absolute Gasteiger partial charge is 0.220 e. The van der Waals surface area contributed by atoms with Gasteiger partial charge in [-0.05, 0) is 48.6 Å². The molecule has 3 N–H and O–H groups in total. The molecule has 0 saturated heterocycles. The fourth-order valence-corrected chi connectivity index (χ4v) is 2.22. The summed E-state index contributed by atoms with van der Waals surface area (Å²) in [5.74, 6) is 0.0723. The van der Waals surface area contributed by atoms with E-state index in [9.17, 15) is 4.79 Å². The van der Waals surface area contributed by atoms with Crippen LogP contribution >= 0.6 is 15.9 Å². The predicted molar refractivity (Wildman–Crippen MR) is 83.0 cm³/mol. The highest BCUT2D eigenvalue weighted by molar-refractivity contribution is 9.10. The van der Waals surface area contributed by atoms with Gasteiger partial charge in [0.25, 0.3) is 0 Å². The molecule has 0 atom stereocenters. The van der Waals surface area contributed by atoms with Crippen LogP contribution in [0.2, 0.25) is 0 Å². The average molecular weight is 327 g/mol. The minimum absolute atomic E-state index is 0.0723. The van der Waals surface area contributed by atoms with Gasteiger partial charge in [0.1, 0.15) is 0 Å². The third kappa shape index (κ3) is 5.74. The highest BCUT2D eigenvalue weighted by atomic mass is 79.9. The van der Waals surface area contributed by atoms with Crippen LogP contribution in [0.15, 0.2) is 22.7 Å². The SMILES string of the molecule is Cc1ccc(Br)cc1CCNC(=O)CC(C)(C)CN. The lowest BCUT2D eigenvalue weighted by Gasteiger charge is -2.21. The van der Waals surface area contributed by atoms with Gasteiger partial charge >= 0.3 is 0 Å². The fourth-order valence-electron chi connectivity index (χ4n) is 1.82. The number of halogens is 1. The van der Waals surface area contributed by atoms with E-state index >= 15 is 0 Å². The second-order valence-electron chi connectivity index (χ2n) is 5.72. The third-order valence-corrected chi connectivity index (χ3v) is 3.71. The molecule has 0 heterocycles. The molecule has 0 unspecified atom stereocenters. The molecule has 0 radical (unpaired) electrons. The van der Waals surface area contributed by atoms with Gasteiger partial charge in [0.15, 0.2) is 0 Å². The number of rotatable bonds is 6. The number of nitrogens with one attached hydrogen (secondary N) is 1. The van der Waals surface area contributed by atoms with E-state index in [0.717, 1.165) is 10.9 Å². The Morgan fingerprint density at radius 3 is 2.74 bits per heavy atom. The molecule has 0 spiro atoms. The van der Waals surface area contributed by atoms with E-state index in [2.05, 4.69) is 40.3 Å². The number of hydrogen-bond donors (Lipinski definition) is 2. The van der Waals surface area contributed by atoms with Crippen LogP contribution in [0.1, 0.15) is 31.4 Å². The minimum atomic E-state index is -0.129. The molecular weight excluding hydrogens is 304 g/mol. The molecule has 1 aromatic carbocycles. The Morgan fingerprint density at radius 2 is 2.11 bits per heavy atom. The largest absolute Gasteiger partial charge is 0.356 e. The normalized spacial score (nSPS) is 11.4. The first-order chi connectivity index (χ1) is 8.84. The zero-order valence-corrected chi connectivity index (χ0v) is 13.5. The van der Waals surface area contributed by atoms with E-state index in [1.165, 1.54) is 11.1 Å². The van der Waals surface area contributed by atoms with Gasteiger partial charge in [0.05, 0.1) is 0 Å². The topological polar surface area (TPSA) is 55.1 Å². The summed E-state index contributed by atoms with van der Waals surface area (Å²) in [4.78, 5) is 11.8. The number of carbonyl (C=O) groups excluding carboxylic acids is 1. The summed E-state index contributed by atoms with van der Waals surface area (Å²) in [5, 5.41) is 2.96. The summed E-state index contributed by atoms with van der Waals surface area (Å²) in [7, 11) is 0. The van der Waals surface area contributed by atoms with Gasteiger partial charge in [-0.3, -0.25) is 4.79 Å². The lowest BCUT2D eigenvalue weighted by Crippen LogP contribution is -2.34. The van der Waals surface area contributed by atoms with Crippen molar-refractivity contribution in [2.24, 2.45) is 11.1 Å². The molecule has 19 heavy (non-hydrogen) atoms. The van der Waals surface area contributed by atoms with E-state index in [1.807, 2.05) is 19.9 Å². The second kappa shape index (κ2) is 7.06. The predicted octanol–water partition coefficient (Wildman–Crippen LogP) is 2.79. The Labute approximate surface area is 124 Å². The van der Waals surface area contributed by atoms with E-state index in [0.29, 0.717) is 19.5 Å². The second-order valence-corrected chi connectivity index (χ2v) is 6.63. The van der Waals surface area contributed by atoms with Gasteiger partial charge in [0, 0.05) is 17.4 Å². The Morgan fingerprint density at radius 1 is 1.42 bits per heavy atom. The van der Waals surface area contributed by atoms with Crippen molar-refractivity contribution in [3.05, 3.63) is 33.8 Å². The number of amides is 1. The number of hydrogen-bond acceptors (Lipinski definition) is 2. The Bertz CT molecular complexity index is 444. The minimum Gasteiger partial charge on any atom is -0.356 e. The van der Waals surface area contributed by atoms with Crippen molar-refractivity contribution < 1.29 is 4.79 Å². The van der Waals surface area contributed by atoms with E-state index in [4.69, 9.17) is 5.73 Å². The van der Waals surface area contributed by atoms with Crippen LogP contribution in [0.3, 0.4) is 0 Å². The average Bonchev–Trinajstić information content (AvgIpc) is 2.33. The molecule has 1 amide bonds. The molecule has 0 bridgehead atoms. The number of benzene rings is 1. The van der Waals surface area contributed by atoms with Crippen molar-refractivity contribution in [3.63, 3.8) is 0 Å². The van der Waals surface area contributed by atoms with Crippen LogP contribution in [0.4, 0.5) is 0 Å². The first-order valence-corrected chi connectivity index (χ1v) is 7.35. The van der Waals surface area contributed by atoms with Gasteiger partial charge in [-0.2, -0.15) is 0 Å². The molecule has 0 aliphatic carbocycles. The zero-order chi connectivity index (χ0) is 14.5. The van der Waals surface area contributed by atoms with Gasteiger partial charge in [-0.1, -0.05) is 35.8 Å². The summed E-state index contributed by atoms with van der Waals surface area (Å²) in [5.41, 5.74) is 8.00. The molecule has 0 saturated carbocycles. The first kappa shape index (κ1) is 16.2. The Kier molecular flexibility index (Phi) is 6.01. The van der Waals surface area contributed by atoms with E-state index in [1.54, 1.807) is 0 Å². The van der Waals surface area contributed by atoms with Gasteiger partial charge in [-0.15, -0.1) is 0 Å². The lowest BCUT2D eigenvalue weighted by molar-refractivity contribution is -0.122. The van der Waals surface area contributed by atoms with Gasteiger partial charge in [-0.25, -0.2) is 0 Å². The van der Waals surface area contributed by atoms with E-state index < -0.39 is 0 Å². The monoisotopic (exact) mass is 326 g/mol. The number of carbonyl (C=O) groups is 1. The fraction of sp³-hybridized carbons (Fsp3) is 0.533. The maximum atomic E-state index is 11.8. The molecule has 0 aromatic heterocycles. The van der Waals surface area contributed by atoms with Crippen molar-refractivity contribution in [1.29, 1.82) is 0 Å². The summed E-state index contributed by atoms with van der Waals surface area (Å²) in [6.45, 7) is 7.28.